The van der Waals surface area contributed by atoms with E-state index in [4.69, 9.17) is 4.74 Å². The van der Waals surface area contributed by atoms with Crippen LogP contribution in [0, 0.1) is 18.8 Å². The Balaban J connectivity index is 1.76. The summed E-state index contributed by atoms with van der Waals surface area (Å²) in [6, 6.07) is 0. The van der Waals surface area contributed by atoms with E-state index in [0.29, 0.717) is 11.8 Å². The molecule has 2 aliphatic carbocycles. The van der Waals surface area contributed by atoms with Crippen LogP contribution in [0.3, 0.4) is 0 Å². The molecule has 2 nitrogen and oxygen atoms in total. The molecule has 13 heavy (non-hydrogen) atoms. The minimum absolute atomic E-state index is 0.285. The molecule has 2 radical (unpaired) electrons. The molecule has 0 aromatic rings. The van der Waals surface area contributed by atoms with Crippen molar-refractivity contribution in [1.82, 2.24) is 0 Å². The normalized spacial score (nSPS) is 42.9. The van der Waals surface area contributed by atoms with E-state index in [1.807, 2.05) is 0 Å². The van der Waals surface area contributed by atoms with E-state index < -0.39 is 0 Å². The van der Waals surface area contributed by atoms with E-state index in [1.54, 1.807) is 0 Å². The maximum absolute atomic E-state index is 11.5. The van der Waals surface area contributed by atoms with Gasteiger partial charge in [-0.25, -0.2) is 5.11 Å². The Morgan fingerprint density at radius 3 is 2.77 bits per heavy atom. The summed E-state index contributed by atoms with van der Waals surface area (Å²) in [7, 11) is 0. The highest BCUT2D eigenvalue weighted by molar-refractivity contribution is 4.96. The molecule has 2 bridgehead atoms. The number of rotatable bonds is 4. The lowest BCUT2D eigenvalue weighted by atomic mass is 9.95. The summed E-state index contributed by atoms with van der Waals surface area (Å²) in [4.78, 5) is 0. The summed E-state index contributed by atoms with van der Waals surface area (Å²) in [6.45, 7) is 4.57. The summed E-state index contributed by atoms with van der Waals surface area (Å²) in [5, 5.41) is 11.5. The fourth-order valence-electron chi connectivity index (χ4n) is 2.75. The fraction of sp³-hybridized carbons (Fsp3) is 0.909. The Kier molecular flexibility index (Phi) is 2.89. The molecule has 2 aliphatic rings. The van der Waals surface area contributed by atoms with Crippen molar-refractivity contribution in [3.05, 3.63) is 6.92 Å². The minimum atomic E-state index is -0.330. The molecular formula is C11H18O2. The zero-order chi connectivity index (χ0) is 9.26. The van der Waals surface area contributed by atoms with E-state index in [9.17, 15) is 5.11 Å². The first-order chi connectivity index (χ1) is 6.31. The molecule has 0 N–H and O–H groups in total. The van der Waals surface area contributed by atoms with Gasteiger partial charge in [0.1, 0.15) is 0 Å². The monoisotopic (exact) mass is 182 g/mol. The van der Waals surface area contributed by atoms with Crippen LogP contribution >= 0.6 is 0 Å². The molecule has 0 aromatic carbocycles. The maximum Gasteiger partial charge on any atom is 0.0985 e. The van der Waals surface area contributed by atoms with Crippen LogP contribution in [-0.4, -0.2) is 18.8 Å². The summed E-state index contributed by atoms with van der Waals surface area (Å²) >= 11 is 0. The van der Waals surface area contributed by atoms with Crippen LogP contribution in [0.15, 0.2) is 0 Å². The summed E-state index contributed by atoms with van der Waals surface area (Å²) < 4.78 is 5.71. The standard InChI is InChI=1S/C11H18O2/c1-2-3-4-13-11-7-8-5-9(11)10(12)6-8/h8-11H,1-7H2. The third-order valence-corrected chi connectivity index (χ3v) is 3.42. The van der Waals surface area contributed by atoms with Crippen molar-refractivity contribution in [1.29, 1.82) is 0 Å². The predicted molar refractivity (Wildman–Crippen MR) is 49.6 cm³/mol. The summed E-state index contributed by atoms with van der Waals surface area (Å²) in [5.41, 5.74) is 0. The average molecular weight is 182 g/mol. The molecule has 2 fully saturated rings. The molecule has 0 aliphatic heterocycles. The Morgan fingerprint density at radius 1 is 1.31 bits per heavy atom. The van der Waals surface area contributed by atoms with Gasteiger partial charge in [0.25, 0.3) is 0 Å². The topological polar surface area (TPSA) is 29.1 Å². The van der Waals surface area contributed by atoms with Gasteiger partial charge in [-0.05, 0) is 31.6 Å². The van der Waals surface area contributed by atoms with Gasteiger partial charge in [-0.3, -0.25) is 0 Å². The van der Waals surface area contributed by atoms with Gasteiger partial charge in [0, 0.05) is 12.5 Å². The maximum atomic E-state index is 11.5. The quantitative estimate of drug-likeness (QED) is 0.613. The predicted octanol–water partition coefficient (Wildman–Crippen LogP) is 2.21. The van der Waals surface area contributed by atoms with E-state index in [0.717, 1.165) is 38.7 Å². The van der Waals surface area contributed by atoms with E-state index >= 15 is 0 Å². The van der Waals surface area contributed by atoms with Gasteiger partial charge in [0.15, 0.2) is 0 Å². The number of ether oxygens (including phenoxy) is 1. The van der Waals surface area contributed by atoms with Crippen LogP contribution in [0.25, 0.3) is 0 Å². The zero-order valence-corrected chi connectivity index (χ0v) is 8.08. The van der Waals surface area contributed by atoms with Crippen molar-refractivity contribution in [3.8, 4) is 0 Å². The van der Waals surface area contributed by atoms with Crippen LogP contribution < -0.4 is 0 Å². The largest absolute Gasteiger partial charge is 0.378 e. The highest BCUT2D eigenvalue weighted by Gasteiger charge is 2.46. The number of unbranched alkanes of at least 4 members (excludes halogenated alkanes) is 1. The van der Waals surface area contributed by atoms with Crippen molar-refractivity contribution < 1.29 is 9.84 Å². The van der Waals surface area contributed by atoms with Gasteiger partial charge in [-0.15, -0.1) is 0 Å². The van der Waals surface area contributed by atoms with Crippen molar-refractivity contribution in [2.24, 2.45) is 11.8 Å². The first kappa shape index (κ1) is 9.47. The fourth-order valence-corrected chi connectivity index (χ4v) is 2.75. The first-order valence-electron chi connectivity index (χ1n) is 5.38. The molecule has 0 aromatic heterocycles. The molecule has 2 rings (SSSR count). The van der Waals surface area contributed by atoms with Crippen LogP contribution in [0.4, 0.5) is 0 Å². The van der Waals surface area contributed by atoms with Crippen LogP contribution in [0.5, 0.6) is 0 Å². The second kappa shape index (κ2) is 3.97. The number of hydrogen-bond donors (Lipinski definition) is 0. The van der Waals surface area contributed by atoms with Crippen molar-refractivity contribution >= 4 is 0 Å². The Morgan fingerprint density at radius 2 is 2.15 bits per heavy atom. The van der Waals surface area contributed by atoms with Crippen molar-refractivity contribution in [2.45, 2.75) is 44.3 Å². The van der Waals surface area contributed by atoms with Gasteiger partial charge in [-0.2, -0.15) is 0 Å². The third kappa shape index (κ3) is 1.89. The molecule has 0 saturated heterocycles. The van der Waals surface area contributed by atoms with Gasteiger partial charge < -0.3 is 4.74 Å². The lowest BCUT2D eigenvalue weighted by molar-refractivity contribution is -0.0547. The summed E-state index contributed by atoms with van der Waals surface area (Å²) in [6.07, 6.45) is 5.08. The van der Waals surface area contributed by atoms with Crippen molar-refractivity contribution in [2.75, 3.05) is 6.61 Å². The van der Waals surface area contributed by atoms with Crippen LogP contribution in [-0.2, 0) is 9.84 Å². The minimum Gasteiger partial charge on any atom is -0.378 e. The Labute approximate surface area is 80.3 Å². The van der Waals surface area contributed by atoms with Gasteiger partial charge in [0.2, 0.25) is 0 Å². The molecular weight excluding hydrogens is 164 g/mol. The highest BCUT2D eigenvalue weighted by atomic mass is 16.5. The van der Waals surface area contributed by atoms with E-state index in [2.05, 4.69) is 6.92 Å². The summed E-state index contributed by atoms with van der Waals surface area (Å²) in [5.74, 6) is 1.01. The zero-order valence-electron chi connectivity index (χ0n) is 8.08. The molecule has 4 unspecified atom stereocenters. The number of fused-ring (bicyclic) bond motifs is 2. The Bertz CT molecular complexity index is 169. The van der Waals surface area contributed by atoms with E-state index in [1.165, 1.54) is 0 Å². The number of hydrogen-bond acceptors (Lipinski definition) is 1. The highest BCUT2D eigenvalue weighted by Crippen LogP contribution is 2.46. The smallest absolute Gasteiger partial charge is 0.0985 e. The van der Waals surface area contributed by atoms with Gasteiger partial charge >= 0.3 is 0 Å². The van der Waals surface area contributed by atoms with Gasteiger partial charge in [0.05, 0.1) is 12.2 Å². The van der Waals surface area contributed by atoms with Crippen LogP contribution in [0.1, 0.15) is 32.1 Å². The van der Waals surface area contributed by atoms with E-state index in [-0.39, 0.29) is 12.2 Å². The molecule has 2 saturated carbocycles. The second-order valence-corrected chi connectivity index (χ2v) is 4.39. The Hall–Kier alpha value is -0.0800. The van der Waals surface area contributed by atoms with Crippen LogP contribution in [0.2, 0.25) is 0 Å². The molecule has 0 spiro atoms. The second-order valence-electron chi connectivity index (χ2n) is 4.39. The third-order valence-electron chi connectivity index (χ3n) is 3.42. The molecule has 4 atom stereocenters. The lowest BCUT2D eigenvalue weighted by Gasteiger charge is -2.24. The van der Waals surface area contributed by atoms with Crippen molar-refractivity contribution in [3.63, 3.8) is 0 Å². The molecule has 2 heteroatoms. The molecule has 0 heterocycles. The van der Waals surface area contributed by atoms with Gasteiger partial charge in [-0.1, -0.05) is 13.3 Å². The molecule has 74 valence electrons. The first-order valence-corrected chi connectivity index (χ1v) is 5.38. The average Bonchev–Trinajstić information content (AvgIpc) is 2.63. The SMILES string of the molecule is [CH2]CCCOC1CC2CC([O])C1C2. The molecule has 0 amide bonds. The lowest BCUT2D eigenvalue weighted by Crippen LogP contribution is -2.30.